The molecule has 10 nitrogen and oxygen atoms in total. The van der Waals surface area contributed by atoms with E-state index in [1.54, 1.807) is 60.1 Å². The number of hydroxylamine groups is 1. The van der Waals surface area contributed by atoms with Crippen LogP contribution in [0.25, 0.3) is 0 Å². The van der Waals surface area contributed by atoms with Crippen molar-refractivity contribution >= 4 is 23.5 Å². The zero-order valence-electron chi connectivity index (χ0n) is 18.8. The number of rotatable bonds is 11. The summed E-state index contributed by atoms with van der Waals surface area (Å²) < 4.78 is 11.5. The minimum Gasteiger partial charge on any atom is -0.494 e. The van der Waals surface area contributed by atoms with Gasteiger partial charge in [0.15, 0.2) is 6.04 Å². The number of carboxylic acids is 2. The Balaban J connectivity index is 1.90. The van der Waals surface area contributed by atoms with E-state index in [1.165, 1.54) is 12.1 Å². The Morgan fingerprint density at radius 2 is 1.71 bits per heavy atom. The molecule has 3 aromatic carbocycles. The number of anilines is 1. The molecule has 0 aliphatic heterocycles. The van der Waals surface area contributed by atoms with Crippen LogP contribution >= 0.6 is 0 Å². The van der Waals surface area contributed by atoms with Crippen molar-refractivity contribution in [3.8, 4) is 11.5 Å². The number of amidine groups is 1. The highest BCUT2D eigenvalue weighted by Crippen LogP contribution is 2.33. The zero-order valence-corrected chi connectivity index (χ0v) is 18.8. The van der Waals surface area contributed by atoms with E-state index in [-0.39, 0.29) is 23.8 Å². The van der Waals surface area contributed by atoms with Gasteiger partial charge in [-0.15, -0.1) is 0 Å². The van der Waals surface area contributed by atoms with Crippen molar-refractivity contribution in [1.82, 2.24) is 5.48 Å². The molecule has 0 aromatic heterocycles. The lowest BCUT2D eigenvalue weighted by Gasteiger charge is -2.21. The monoisotopic (exact) mass is 479 g/mol. The number of benzene rings is 3. The number of carbonyl (C=O) groups is 2. The highest BCUT2D eigenvalue weighted by atomic mass is 16.5. The fourth-order valence-electron chi connectivity index (χ4n) is 3.33. The van der Waals surface area contributed by atoms with Crippen molar-refractivity contribution < 1.29 is 34.5 Å². The molecule has 10 heteroatoms. The topological polar surface area (TPSA) is 161 Å². The number of hydrogen-bond donors (Lipinski definition) is 6. The van der Waals surface area contributed by atoms with Crippen LogP contribution in [-0.2, 0) is 11.4 Å². The predicted octanol–water partition coefficient (Wildman–Crippen LogP) is 3.90. The van der Waals surface area contributed by atoms with Gasteiger partial charge in [-0.1, -0.05) is 12.1 Å². The number of aliphatic carboxylic acids is 1. The maximum Gasteiger partial charge on any atom is 0.335 e. The Kier molecular flexibility index (Phi) is 8.25. The van der Waals surface area contributed by atoms with Gasteiger partial charge in [-0.3, -0.25) is 16.1 Å². The van der Waals surface area contributed by atoms with Gasteiger partial charge in [0, 0.05) is 16.8 Å². The number of nitrogens with one attached hydrogen (secondary N) is 3. The second-order valence-electron chi connectivity index (χ2n) is 7.41. The SMILES string of the molecule is CCOc1ccc(OCc2cccc(C(=O)O)c2)c(C(Nc2ccc(C(=N)NO)cc2)C(=O)O)c1. The molecule has 1 atom stereocenters. The molecule has 0 saturated carbocycles. The van der Waals surface area contributed by atoms with Crippen molar-refractivity contribution in [3.63, 3.8) is 0 Å². The third kappa shape index (κ3) is 6.49. The van der Waals surface area contributed by atoms with Crippen molar-refractivity contribution in [2.45, 2.75) is 19.6 Å². The Morgan fingerprint density at radius 3 is 2.34 bits per heavy atom. The molecule has 0 aliphatic carbocycles. The zero-order chi connectivity index (χ0) is 25.4. The molecule has 0 radical (unpaired) electrons. The number of carboxylic acid groups (broad SMARTS) is 2. The number of aromatic carboxylic acids is 1. The van der Waals surface area contributed by atoms with Gasteiger partial charge < -0.3 is 25.0 Å². The second-order valence-corrected chi connectivity index (χ2v) is 7.41. The second kappa shape index (κ2) is 11.5. The van der Waals surface area contributed by atoms with Gasteiger partial charge in [0.25, 0.3) is 0 Å². The fourth-order valence-corrected chi connectivity index (χ4v) is 3.33. The summed E-state index contributed by atoms with van der Waals surface area (Å²) >= 11 is 0. The average molecular weight is 479 g/mol. The van der Waals surface area contributed by atoms with E-state index in [2.05, 4.69) is 5.32 Å². The molecule has 0 fully saturated rings. The van der Waals surface area contributed by atoms with E-state index < -0.39 is 18.0 Å². The first-order valence-electron chi connectivity index (χ1n) is 10.6. The Bertz CT molecular complexity index is 1210. The van der Waals surface area contributed by atoms with Gasteiger partial charge in [0.2, 0.25) is 0 Å². The van der Waals surface area contributed by atoms with Crippen LogP contribution in [0.4, 0.5) is 5.69 Å². The van der Waals surface area contributed by atoms with Crippen LogP contribution in [0.1, 0.15) is 40.0 Å². The van der Waals surface area contributed by atoms with Gasteiger partial charge in [0.05, 0.1) is 12.2 Å². The van der Waals surface area contributed by atoms with Gasteiger partial charge in [-0.25, -0.2) is 9.59 Å². The molecule has 3 rings (SSSR count). The number of ether oxygens (including phenoxy) is 2. The highest BCUT2D eigenvalue weighted by molar-refractivity contribution is 5.95. The first-order valence-corrected chi connectivity index (χ1v) is 10.6. The lowest BCUT2D eigenvalue weighted by Crippen LogP contribution is -2.22. The molecule has 35 heavy (non-hydrogen) atoms. The van der Waals surface area contributed by atoms with E-state index in [0.717, 1.165) is 0 Å². The lowest BCUT2D eigenvalue weighted by molar-refractivity contribution is -0.138. The lowest BCUT2D eigenvalue weighted by atomic mass is 10.0. The van der Waals surface area contributed by atoms with Gasteiger partial charge >= 0.3 is 11.9 Å². The first kappa shape index (κ1) is 25.1. The van der Waals surface area contributed by atoms with Crippen LogP contribution in [-0.4, -0.2) is 39.8 Å². The van der Waals surface area contributed by atoms with Crippen molar-refractivity contribution in [1.29, 1.82) is 5.41 Å². The van der Waals surface area contributed by atoms with E-state index in [9.17, 15) is 19.8 Å². The molecule has 0 heterocycles. The minimum atomic E-state index is -1.21. The normalized spacial score (nSPS) is 11.3. The molecule has 0 amide bonds. The summed E-state index contributed by atoms with van der Waals surface area (Å²) in [6, 6.07) is 16.2. The molecule has 0 spiro atoms. The predicted molar refractivity (Wildman–Crippen MR) is 128 cm³/mol. The maximum absolute atomic E-state index is 12.2. The van der Waals surface area contributed by atoms with E-state index in [1.807, 2.05) is 6.92 Å². The molecule has 3 aromatic rings. The summed E-state index contributed by atoms with van der Waals surface area (Å²) in [6.45, 7) is 2.23. The third-order valence-corrected chi connectivity index (χ3v) is 5.01. The molecular formula is C25H25N3O7. The molecule has 182 valence electrons. The first-order chi connectivity index (χ1) is 16.8. The van der Waals surface area contributed by atoms with Crippen LogP contribution in [0.2, 0.25) is 0 Å². The average Bonchev–Trinajstić information content (AvgIpc) is 2.86. The Morgan fingerprint density at radius 1 is 0.971 bits per heavy atom. The van der Waals surface area contributed by atoms with Crippen molar-refractivity contribution in [2.75, 3.05) is 11.9 Å². The fraction of sp³-hybridized carbons (Fsp3) is 0.160. The molecular weight excluding hydrogens is 454 g/mol. The van der Waals surface area contributed by atoms with Crippen LogP contribution in [0.3, 0.4) is 0 Å². The maximum atomic E-state index is 12.2. The summed E-state index contributed by atoms with van der Waals surface area (Å²) in [5.74, 6) is -1.66. The Labute approximate surface area is 201 Å². The summed E-state index contributed by atoms with van der Waals surface area (Å²) in [4.78, 5) is 23.5. The minimum absolute atomic E-state index is 0.0272. The summed E-state index contributed by atoms with van der Waals surface area (Å²) in [6.07, 6.45) is 0. The Hall–Kier alpha value is -4.57. The highest BCUT2D eigenvalue weighted by Gasteiger charge is 2.25. The van der Waals surface area contributed by atoms with Gasteiger partial charge in [-0.05, 0) is 67.1 Å². The van der Waals surface area contributed by atoms with Gasteiger partial charge in [-0.2, -0.15) is 0 Å². The summed E-state index contributed by atoms with van der Waals surface area (Å²) in [5, 5.41) is 38.6. The van der Waals surface area contributed by atoms with Crippen LogP contribution in [0.5, 0.6) is 11.5 Å². The van der Waals surface area contributed by atoms with Crippen LogP contribution in [0, 0.1) is 5.41 Å². The quantitative estimate of drug-likeness (QED) is 0.136. The van der Waals surface area contributed by atoms with Crippen LogP contribution < -0.4 is 20.3 Å². The molecule has 0 saturated heterocycles. The van der Waals surface area contributed by atoms with E-state index in [4.69, 9.17) is 20.1 Å². The van der Waals surface area contributed by atoms with Crippen molar-refractivity contribution in [2.24, 2.45) is 0 Å². The third-order valence-electron chi connectivity index (χ3n) is 5.01. The van der Waals surface area contributed by atoms with E-state index in [0.29, 0.717) is 34.7 Å². The van der Waals surface area contributed by atoms with Gasteiger partial charge in [0.1, 0.15) is 23.9 Å². The van der Waals surface area contributed by atoms with Crippen molar-refractivity contribution in [3.05, 3.63) is 89.0 Å². The molecule has 0 aliphatic rings. The standard InChI is InChI=1S/C25H25N3O7/c1-2-34-19-10-11-21(35-14-15-4-3-5-17(12-15)24(29)30)20(13-19)22(25(31)32)27-18-8-6-16(7-9-18)23(26)28-33/h3-13,22,27,33H,2,14H2,1H3,(H2,26,28)(H,29,30)(H,31,32). The molecule has 6 N–H and O–H groups in total. The molecule has 0 bridgehead atoms. The number of hydrogen-bond acceptors (Lipinski definition) is 7. The molecule has 1 unspecified atom stereocenters. The smallest absolute Gasteiger partial charge is 0.335 e. The summed E-state index contributed by atoms with van der Waals surface area (Å²) in [5.41, 5.74) is 3.68. The largest absolute Gasteiger partial charge is 0.494 e. The van der Waals surface area contributed by atoms with Crippen LogP contribution in [0.15, 0.2) is 66.7 Å². The summed E-state index contributed by atoms with van der Waals surface area (Å²) in [7, 11) is 0. The van der Waals surface area contributed by atoms with E-state index >= 15 is 0 Å².